The predicted octanol–water partition coefficient (Wildman–Crippen LogP) is 5.54. The van der Waals surface area contributed by atoms with Gasteiger partial charge in [0.25, 0.3) is 10.0 Å². The standard InChI is InChI=1S/C27H27BrN2O8S/c1-33-19-11-9-17(24(14-19)37-5)16-30(39(31,32)27-22(35-3)7-6-8-23(27)36-4)26-15-25(38-29-26)20-13-18(28)10-12-21(20)34-2/h6-15H,16H2,1-5H3. The van der Waals surface area contributed by atoms with Crippen molar-refractivity contribution in [1.82, 2.24) is 5.16 Å². The van der Waals surface area contributed by atoms with Crippen LogP contribution in [0.25, 0.3) is 11.3 Å². The molecule has 0 amide bonds. The van der Waals surface area contributed by atoms with Gasteiger partial charge in [-0.05, 0) is 42.5 Å². The number of benzene rings is 3. The molecule has 0 aliphatic heterocycles. The Labute approximate surface area is 235 Å². The Kier molecular flexibility index (Phi) is 8.56. The molecule has 4 aromatic rings. The monoisotopic (exact) mass is 618 g/mol. The van der Waals surface area contributed by atoms with Crippen molar-refractivity contribution in [2.24, 2.45) is 0 Å². The van der Waals surface area contributed by atoms with Gasteiger partial charge in [-0.3, -0.25) is 0 Å². The minimum absolute atomic E-state index is 0.0258. The maximum absolute atomic E-state index is 14.3. The number of ether oxygens (including phenoxy) is 5. The summed E-state index contributed by atoms with van der Waals surface area (Å²) >= 11 is 3.45. The van der Waals surface area contributed by atoms with Gasteiger partial charge in [0.05, 0.1) is 47.7 Å². The predicted molar refractivity (Wildman–Crippen MR) is 149 cm³/mol. The summed E-state index contributed by atoms with van der Waals surface area (Å²) in [6, 6.07) is 16.7. The zero-order chi connectivity index (χ0) is 28.2. The summed E-state index contributed by atoms with van der Waals surface area (Å²) < 4.78 is 63.3. The van der Waals surface area contributed by atoms with E-state index in [-0.39, 0.29) is 28.8 Å². The van der Waals surface area contributed by atoms with Crippen LogP contribution in [0, 0.1) is 0 Å². The fourth-order valence-corrected chi connectivity index (χ4v) is 6.03. The van der Waals surface area contributed by atoms with Gasteiger partial charge in [-0.15, -0.1) is 0 Å². The number of hydrogen-bond acceptors (Lipinski definition) is 9. The lowest BCUT2D eigenvalue weighted by molar-refractivity contribution is 0.373. The summed E-state index contributed by atoms with van der Waals surface area (Å²) in [5.41, 5.74) is 1.14. The lowest BCUT2D eigenvalue weighted by Crippen LogP contribution is -2.31. The number of nitrogens with zero attached hydrogens (tertiary/aromatic N) is 2. The molecular weight excluding hydrogens is 592 g/mol. The Bertz CT molecular complexity index is 1550. The highest BCUT2D eigenvalue weighted by Crippen LogP contribution is 2.40. The number of aromatic nitrogens is 1. The van der Waals surface area contributed by atoms with E-state index >= 15 is 0 Å². The molecule has 0 saturated heterocycles. The third kappa shape index (κ3) is 5.62. The molecule has 39 heavy (non-hydrogen) atoms. The molecule has 0 spiro atoms. The van der Waals surface area contributed by atoms with Gasteiger partial charge in [-0.25, -0.2) is 12.7 Å². The van der Waals surface area contributed by atoms with Crippen LogP contribution in [0.1, 0.15) is 5.56 Å². The molecule has 0 aliphatic carbocycles. The van der Waals surface area contributed by atoms with Crippen LogP contribution >= 0.6 is 15.9 Å². The average Bonchev–Trinajstić information content (AvgIpc) is 3.44. The molecule has 206 valence electrons. The molecule has 0 radical (unpaired) electrons. The summed E-state index contributed by atoms with van der Waals surface area (Å²) in [6.45, 7) is -0.154. The molecule has 0 saturated carbocycles. The quantitative estimate of drug-likeness (QED) is 0.214. The summed E-state index contributed by atoms with van der Waals surface area (Å²) in [4.78, 5) is -0.160. The summed E-state index contributed by atoms with van der Waals surface area (Å²) in [5, 5.41) is 4.14. The summed E-state index contributed by atoms with van der Waals surface area (Å²) in [5.74, 6) is 2.06. The Balaban J connectivity index is 1.91. The third-order valence-corrected chi connectivity index (χ3v) is 8.23. The van der Waals surface area contributed by atoms with E-state index in [1.54, 1.807) is 48.5 Å². The number of sulfonamides is 1. The van der Waals surface area contributed by atoms with Crippen molar-refractivity contribution in [3.05, 3.63) is 70.7 Å². The Hall–Kier alpha value is -3.90. The lowest BCUT2D eigenvalue weighted by Gasteiger charge is -2.24. The topological polar surface area (TPSA) is 110 Å². The van der Waals surface area contributed by atoms with E-state index in [0.29, 0.717) is 34.1 Å². The van der Waals surface area contributed by atoms with Gasteiger partial charge in [0.1, 0.15) is 28.7 Å². The smallest absolute Gasteiger partial charge is 0.273 e. The van der Waals surface area contributed by atoms with Crippen molar-refractivity contribution >= 4 is 31.8 Å². The Morgan fingerprint density at radius 3 is 2.08 bits per heavy atom. The average molecular weight is 619 g/mol. The van der Waals surface area contributed by atoms with Crippen LogP contribution in [0.3, 0.4) is 0 Å². The summed E-state index contributed by atoms with van der Waals surface area (Å²) in [6.07, 6.45) is 0. The van der Waals surface area contributed by atoms with Gasteiger partial charge in [0.15, 0.2) is 16.5 Å². The fraction of sp³-hybridized carbons (Fsp3) is 0.222. The molecular formula is C27H27BrN2O8S. The number of anilines is 1. The molecule has 0 unspecified atom stereocenters. The van der Waals surface area contributed by atoms with Gasteiger partial charge >= 0.3 is 0 Å². The molecule has 1 heterocycles. The van der Waals surface area contributed by atoms with Crippen molar-refractivity contribution in [3.63, 3.8) is 0 Å². The van der Waals surface area contributed by atoms with Gasteiger partial charge < -0.3 is 28.2 Å². The second kappa shape index (κ2) is 11.9. The first-order valence-corrected chi connectivity index (χ1v) is 13.8. The van der Waals surface area contributed by atoms with Crippen molar-refractivity contribution in [2.75, 3.05) is 39.9 Å². The van der Waals surface area contributed by atoms with Crippen molar-refractivity contribution in [3.8, 4) is 40.1 Å². The van der Waals surface area contributed by atoms with Gasteiger partial charge in [0.2, 0.25) is 0 Å². The van der Waals surface area contributed by atoms with Crippen LogP contribution in [0.2, 0.25) is 0 Å². The number of rotatable bonds is 11. The highest BCUT2D eigenvalue weighted by molar-refractivity contribution is 9.10. The lowest BCUT2D eigenvalue weighted by atomic mass is 10.1. The van der Waals surface area contributed by atoms with Crippen molar-refractivity contribution < 1.29 is 36.6 Å². The maximum atomic E-state index is 14.3. The van der Waals surface area contributed by atoms with Crippen molar-refractivity contribution in [1.29, 1.82) is 0 Å². The van der Waals surface area contributed by atoms with Crippen LogP contribution in [0.5, 0.6) is 28.7 Å². The summed E-state index contributed by atoms with van der Waals surface area (Å²) in [7, 11) is 3.00. The fourth-order valence-electron chi connectivity index (χ4n) is 3.99. The van der Waals surface area contributed by atoms with E-state index in [4.69, 9.17) is 28.2 Å². The highest BCUT2D eigenvalue weighted by Gasteiger charge is 2.34. The Morgan fingerprint density at radius 2 is 1.46 bits per heavy atom. The highest BCUT2D eigenvalue weighted by atomic mass is 79.9. The van der Waals surface area contributed by atoms with Gasteiger partial charge in [0, 0.05) is 22.2 Å². The SMILES string of the molecule is COc1ccc(CN(c2cc(-c3cc(Br)ccc3OC)on2)S(=O)(=O)c2c(OC)cccc2OC)c(OC)c1. The van der Waals surface area contributed by atoms with E-state index in [2.05, 4.69) is 21.1 Å². The largest absolute Gasteiger partial charge is 0.497 e. The Morgan fingerprint density at radius 1 is 0.795 bits per heavy atom. The van der Waals surface area contributed by atoms with Crippen LogP contribution in [0.4, 0.5) is 5.82 Å². The van der Waals surface area contributed by atoms with Crippen LogP contribution in [-0.4, -0.2) is 49.1 Å². The third-order valence-electron chi connectivity index (χ3n) is 5.92. The van der Waals surface area contributed by atoms with Gasteiger partial charge in [-0.1, -0.05) is 27.2 Å². The van der Waals surface area contributed by atoms with E-state index in [9.17, 15) is 8.42 Å². The molecule has 3 aromatic carbocycles. The molecule has 0 fully saturated rings. The van der Waals surface area contributed by atoms with E-state index in [1.807, 2.05) is 6.07 Å². The molecule has 0 aliphatic rings. The zero-order valence-electron chi connectivity index (χ0n) is 21.9. The molecule has 4 rings (SSSR count). The zero-order valence-corrected chi connectivity index (χ0v) is 24.3. The second-order valence-electron chi connectivity index (χ2n) is 8.08. The minimum atomic E-state index is -4.34. The van der Waals surface area contributed by atoms with Crippen molar-refractivity contribution in [2.45, 2.75) is 11.4 Å². The van der Waals surface area contributed by atoms with Crippen LogP contribution < -0.4 is 28.0 Å². The van der Waals surface area contributed by atoms with Crippen LogP contribution in [0.15, 0.2) is 74.6 Å². The number of hydrogen-bond donors (Lipinski definition) is 0. The number of halogens is 1. The normalized spacial score (nSPS) is 11.1. The first kappa shape index (κ1) is 28.1. The minimum Gasteiger partial charge on any atom is -0.497 e. The first-order chi connectivity index (χ1) is 18.8. The molecule has 0 atom stereocenters. The van der Waals surface area contributed by atoms with E-state index in [0.717, 1.165) is 8.78 Å². The first-order valence-electron chi connectivity index (χ1n) is 11.5. The maximum Gasteiger partial charge on any atom is 0.273 e. The van der Waals surface area contributed by atoms with Gasteiger partial charge in [-0.2, -0.15) is 0 Å². The number of methoxy groups -OCH3 is 5. The molecule has 12 heteroatoms. The van der Waals surface area contributed by atoms with Crippen LogP contribution in [-0.2, 0) is 16.6 Å². The van der Waals surface area contributed by atoms with E-state index < -0.39 is 10.0 Å². The second-order valence-corrected chi connectivity index (χ2v) is 10.8. The molecule has 0 bridgehead atoms. The molecule has 10 nitrogen and oxygen atoms in total. The molecule has 0 N–H and O–H groups in total. The molecule has 1 aromatic heterocycles. The van der Waals surface area contributed by atoms with E-state index in [1.165, 1.54) is 41.6 Å².